The van der Waals surface area contributed by atoms with Crippen molar-refractivity contribution in [1.82, 2.24) is 14.2 Å². The van der Waals surface area contributed by atoms with E-state index in [9.17, 15) is 9.00 Å². The third kappa shape index (κ3) is 12.5. The second kappa shape index (κ2) is 18.9. The average molecular weight is 621 g/mol. The van der Waals surface area contributed by atoms with Crippen LogP contribution in [0.15, 0.2) is 72.8 Å². The van der Waals surface area contributed by atoms with Crippen molar-refractivity contribution in [1.29, 1.82) is 0 Å². The highest BCUT2D eigenvalue weighted by Crippen LogP contribution is 2.34. The van der Waals surface area contributed by atoms with Gasteiger partial charge in [0.1, 0.15) is 0 Å². The van der Waals surface area contributed by atoms with Crippen LogP contribution in [-0.2, 0) is 15.8 Å². The lowest BCUT2D eigenvalue weighted by molar-refractivity contribution is -0.141. The van der Waals surface area contributed by atoms with Crippen molar-refractivity contribution in [3.05, 3.63) is 94.1 Å². The molecule has 9 heteroatoms. The maximum atomic E-state index is 12.3. The van der Waals surface area contributed by atoms with Gasteiger partial charge in [-0.2, -0.15) is 0 Å². The molecule has 2 aromatic carbocycles. The molecule has 6 nitrogen and oxygen atoms in total. The van der Waals surface area contributed by atoms with E-state index in [0.29, 0.717) is 11.8 Å². The molecule has 2 fully saturated rings. The van der Waals surface area contributed by atoms with Crippen LogP contribution in [-0.4, -0.2) is 57.3 Å². The van der Waals surface area contributed by atoms with E-state index in [1.807, 2.05) is 103 Å². The predicted molar refractivity (Wildman–Crippen MR) is 172 cm³/mol. The summed E-state index contributed by atoms with van der Waals surface area (Å²) in [4.78, 5) is 18.4. The normalized spacial score (nSPS) is 20.0. The fraction of sp³-hybridized carbons (Fsp3) is 0.438. The number of benzene rings is 2. The number of hydrogen-bond donors (Lipinski definition) is 0. The van der Waals surface area contributed by atoms with E-state index in [1.54, 1.807) is 7.11 Å². The molecule has 0 aliphatic carbocycles. The first-order valence-corrected chi connectivity index (χ1v) is 16.0. The maximum absolute atomic E-state index is 12.3. The molecule has 1 amide bonds. The molecular weight excluding hydrogens is 577 g/mol. The summed E-state index contributed by atoms with van der Waals surface area (Å²) in [6.45, 7) is 7.93. The molecule has 1 aromatic heterocycles. The molecule has 0 N–H and O–H groups in total. The molecule has 3 atom stereocenters. The molecule has 5 rings (SSSR count). The van der Waals surface area contributed by atoms with Crippen molar-refractivity contribution in [2.45, 2.75) is 52.5 Å². The monoisotopic (exact) mass is 619 g/mol. The molecule has 224 valence electrons. The molecule has 0 spiro atoms. The lowest BCUT2D eigenvalue weighted by atomic mass is 9.89. The number of nitrogens with zero attached hydrogens (tertiary/aromatic N) is 3. The summed E-state index contributed by atoms with van der Waals surface area (Å²) in [7, 11) is 2.87. The summed E-state index contributed by atoms with van der Waals surface area (Å²) < 4.78 is 17.4. The summed E-state index contributed by atoms with van der Waals surface area (Å²) in [5.41, 5.74) is 2.18. The van der Waals surface area contributed by atoms with E-state index in [0.717, 1.165) is 60.3 Å². The molecule has 0 bridgehead atoms. The second-order valence-electron chi connectivity index (χ2n) is 9.92. The summed E-state index contributed by atoms with van der Waals surface area (Å²) in [5.74, 6) is 2.01. The van der Waals surface area contributed by atoms with Crippen LogP contribution in [0.4, 0.5) is 0 Å². The van der Waals surface area contributed by atoms with E-state index in [4.69, 9.17) is 27.9 Å². The first-order chi connectivity index (χ1) is 19.7. The van der Waals surface area contributed by atoms with Crippen molar-refractivity contribution in [3.63, 3.8) is 0 Å². The minimum atomic E-state index is -0.634. The molecule has 41 heavy (non-hydrogen) atoms. The first-order valence-electron chi connectivity index (χ1n) is 14.0. The van der Waals surface area contributed by atoms with E-state index in [-0.39, 0.29) is 12.0 Å². The number of carbonyl (C=O) groups is 1. The van der Waals surface area contributed by atoms with Crippen LogP contribution in [0.5, 0.6) is 5.88 Å². The van der Waals surface area contributed by atoms with Gasteiger partial charge in [0.2, 0.25) is 11.8 Å². The predicted octanol–water partition coefficient (Wildman–Crippen LogP) is 7.77. The minimum Gasteiger partial charge on any atom is -0.481 e. The molecule has 2 aliphatic heterocycles. The van der Waals surface area contributed by atoms with Gasteiger partial charge in [-0.25, -0.2) is 13.5 Å². The standard InChI is InChI=1S/C15H20ClNO.C7H9NO.C6H5Cl.C4H9NOS/c1-3-10-17-14(9-4-11(2)15(17)18)12-5-7-13(16)8-6-12;1-6-4-3-5-7(8-6)9-2;7-6-4-2-1-3-5-6;1-5-3-2-4-7(5)6/h5-8,11,14H,3-4,9-10H2,1-2H3;3-5H,1-2H3;1-5H;2-4H2,1H3. The Morgan fingerprint density at radius 3 is 2.07 bits per heavy atom. The van der Waals surface area contributed by atoms with Gasteiger partial charge < -0.3 is 9.64 Å². The lowest BCUT2D eigenvalue weighted by Crippen LogP contribution is -2.42. The third-order valence-electron chi connectivity index (χ3n) is 6.62. The van der Waals surface area contributed by atoms with E-state index >= 15 is 0 Å². The topological polar surface area (TPSA) is 62.7 Å². The number of halogens is 2. The third-order valence-corrected chi connectivity index (χ3v) is 8.64. The molecule has 3 aromatic rings. The molecule has 2 aliphatic rings. The molecule has 3 heterocycles. The Kier molecular flexibility index (Phi) is 16.0. The van der Waals surface area contributed by atoms with Gasteiger partial charge >= 0.3 is 0 Å². The molecule has 2 saturated heterocycles. The number of likely N-dealkylation sites (tertiary alicyclic amines) is 1. The summed E-state index contributed by atoms with van der Waals surface area (Å²) in [6.07, 6.45) is 4.13. The van der Waals surface area contributed by atoms with Crippen LogP contribution in [0, 0.1) is 12.8 Å². The SMILES string of the molecule is CCCN1C(=O)C(C)CCC1c1ccc(Cl)cc1.CN1CCCS1=O.COc1cccc(C)n1.Clc1ccccc1. The van der Waals surface area contributed by atoms with E-state index in [1.165, 1.54) is 5.56 Å². The summed E-state index contributed by atoms with van der Waals surface area (Å²) >= 11 is 11.5. The van der Waals surface area contributed by atoms with Gasteiger partial charge in [-0.3, -0.25) is 4.79 Å². The van der Waals surface area contributed by atoms with Crippen LogP contribution in [0.1, 0.15) is 56.8 Å². The van der Waals surface area contributed by atoms with Crippen LogP contribution < -0.4 is 4.74 Å². The van der Waals surface area contributed by atoms with Gasteiger partial charge in [0.25, 0.3) is 0 Å². The van der Waals surface area contributed by atoms with Crippen molar-refractivity contribution >= 4 is 40.1 Å². The quantitative estimate of drug-likeness (QED) is 0.299. The number of rotatable bonds is 4. The number of piperidine rings is 1. The van der Waals surface area contributed by atoms with Crippen molar-refractivity contribution < 1.29 is 13.7 Å². The van der Waals surface area contributed by atoms with Crippen LogP contribution in [0.2, 0.25) is 10.0 Å². The van der Waals surface area contributed by atoms with Crippen LogP contribution >= 0.6 is 23.2 Å². The van der Waals surface area contributed by atoms with Crippen LogP contribution in [0.25, 0.3) is 0 Å². The fourth-order valence-electron chi connectivity index (χ4n) is 4.38. The molecule has 0 radical (unpaired) electrons. The van der Waals surface area contributed by atoms with Crippen molar-refractivity contribution in [2.24, 2.45) is 5.92 Å². The molecule has 3 unspecified atom stereocenters. The molecular formula is C32H43Cl2N3O3S. The van der Waals surface area contributed by atoms with Crippen LogP contribution in [0.3, 0.4) is 0 Å². The first kappa shape index (κ1) is 34.7. The average Bonchev–Trinajstić information content (AvgIpc) is 3.35. The maximum Gasteiger partial charge on any atom is 0.225 e. The van der Waals surface area contributed by atoms with Crippen molar-refractivity contribution in [3.8, 4) is 5.88 Å². The lowest BCUT2D eigenvalue weighted by Gasteiger charge is -2.38. The number of aromatic nitrogens is 1. The Balaban J connectivity index is 0.000000213. The highest BCUT2D eigenvalue weighted by atomic mass is 35.5. The van der Waals surface area contributed by atoms with E-state index < -0.39 is 11.0 Å². The number of aryl methyl sites for hydroxylation is 1. The van der Waals surface area contributed by atoms with E-state index in [2.05, 4.69) is 11.9 Å². The number of pyridine rings is 1. The Morgan fingerprint density at radius 1 is 0.976 bits per heavy atom. The Morgan fingerprint density at radius 2 is 1.63 bits per heavy atom. The highest BCUT2D eigenvalue weighted by molar-refractivity contribution is 7.82. The Hall–Kier alpha value is -2.45. The zero-order valence-electron chi connectivity index (χ0n) is 24.8. The zero-order chi connectivity index (χ0) is 30.2. The highest BCUT2D eigenvalue weighted by Gasteiger charge is 2.32. The fourth-order valence-corrected chi connectivity index (χ4v) is 5.67. The number of amides is 1. The largest absolute Gasteiger partial charge is 0.481 e. The van der Waals surface area contributed by atoms with Gasteiger partial charge in [-0.1, -0.05) is 73.4 Å². The van der Waals surface area contributed by atoms with Gasteiger partial charge in [-0.05, 0) is 75.5 Å². The number of methoxy groups -OCH3 is 1. The Labute approximate surface area is 258 Å². The number of hydrogen-bond acceptors (Lipinski definition) is 4. The number of carbonyl (C=O) groups excluding carboxylic acids is 1. The summed E-state index contributed by atoms with van der Waals surface area (Å²) in [5, 5.41) is 1.54. The van der Waals surface area contributed by atoms with Crippen molar-refractivity contribution in [2.75, 3.05) is 33.0 Å². The zero-order valence-corrected chi connectivity index (χ0v) is 27.1. The number of ether oxygens (including phenoxy) is 1. The summed E-state index contributed by atoms with van der Waals surface area (Å²) in [6, 6.07) is 23.2. The smallest absolute Gasteiger partial charge is 0.225 e. The molecule has 0 saturated carbocycles. The Bertz CT molecular complexity index is 1200. The van der Waals surface area contributed by atoms with Gasteiger partial charge in [0.15, 0.2) is 0 Å². The second-order valence-corrected chi connectivity index (χ2v) is 12.5. The van der Waals surface area contributed by atoms with Gasteiger partial charge in [0.05, 0.1) is 24.1 Å². The minimum absolute atomic E-state index is 0.167. The van der Waals surface area contributed by atoms with Gasteiger partial charge in [-0.15, -0.1) is 0 Å². The van der Waals surface area contributed by atoms with Gasteiger partial charge in [0, 0.05) is 46.6 Å².